The van der Waals surface area contributed by atoms with Crippen LogP contribution in [-0.4, -0.2) is 65.6 Å². The van der Waals surface area contributed by atoms with Crippen molar-refractivity contribution in [2.24, 2.45) is 5.92 Å². The van der Waals surface area contributed by atoms with Crippen molar-refractivity contribution in [1.29, 1.82) is 0 Å². The number of piperazine rings is 1. The van der Waals surface area contributed by atoms with Gasteiger partial charge in [-0.2, -0.15) is 0 Å². The fraction of sp³-hybridized carbons (Fsp3) is 0.556. The van der Waals surface area contributed by atoms with Crippen LogP contribution in [0, 0.1) is 5.92 Å². The quantitative estimate of drug-likeness (QED) is 0.561. The van der Waals surface area contributed by atoms with E-state index in [2.05, 4.69) is 78.3 Å². The number of hydrogen-bond acceptors (Lipinski definition) is 6. The van der Waals surface area contributed by atoms with Gasteiger partial charge in [0, 0.05) is 74.3 Å². The maximum absolute atomic E-state index is 4.93. The molecule has 0 bridgehead atoms. The van der Waals surface area contributed by atoms with E-state index >= 15 is 0 Å². The third kappa shape index (κ3) is 6.17. The van der Waals surface area contributed by atoms with Crippen molar-refractivity contribution in [1.82, 2.24) is 19.8 Å². The third-order valence-corrected chi connectivity index (χ3v) is 8.06. The summed E-state index contributed by atoms with van der Waals surface area (Å²) in [6.07, 6.45) is 17.1. The molecule has 3 heterocycles. The molecule has 0 spiro atoms. The average Bonchev–Trinajstić information content (AvgIpc) is 3.02. The zero-order valence-corrected chi connectivity index (χ0v) is 21.5. The minimum atomic E-state index is 0.432. The van der Waals surface area contributed by atoms with E-state index < -0.39 is 0 Å². The molecular weight excluding hydrogens is 426 g/mol. The number of fused-ring (bicyclic) bond motifs is 1. The minimum Gasteiger partial charge on any atom is -0.338 e. The Kier molecular flexibility index (Phi) is 8.45. The summed E-state index contributed by atoms with van der Waals surface area (Å²) in [4.78, 5) is 18.3. The zero-order valence-electron chi connectivity index (χ0n) is 20.7. The van der Waals surface area contributed by atoms with Crippen LogP contribution in [0.25, 0.3) is 0 Å². The van der Waals surface area contributed by atoms with E-state index in [1.165, 1.54) is 28.2 Å². The van der Waals surface area contributed by atoms with Crippen molar-refractivity contribution in [2.75, 3.05) is 44.7 Å². The van der Waals surface area contributed by atoms with Crippen molar-refractivity contribution in [2.45, 2.75) is 52.6 Å². The molecule has 33 heavy (non-hydrogen) atoms. The van der Waals surface area contributed by atoms with Gasteiger partial charge in [0.2, 0.25) is 5.95 Å². The predicted molar refractivity (Wildman–Crippen MR) is 141 cm³/mol. The molecule has 178 valence electrons. The maximum Gasteiger partial charge on any atom is 0.225 e. The first-order chi connectivity index (χ1) is 16.0. The van der Waals surface area contributed by atoms with Crippen LogP contribution in [0.4, 0.5) is 5.95 Å². The summed E-state index contributed by atoms with van der Waals surface area (Å²) < 4.78 is 0. The smallest absolute Gasteiger partial charge is 0.225 e. The van der Waals surface area contributed by atoms with E-state index in [4.69, 9.17) is 9.97 Å². The molecule has 0 saturated carbocycles. The van der Waals surface area contributed by atoms with Gasteiger partial charge in [0.25, 0.3) is 0 Å². The second-order valence-corrected chi connectivity index (χ2v) is 10.5. The van der Waals surface area contributed by atoms with E-state index in [1.807, 2.05) is 18.0 Å². The van der Waals surface area contributed by atoms with Crippen LogP contribution in [0.1, 0.15) is 44.9 Å². The number of thioether (sulfide) groups is 1. The van der Waals surface area contributed by atoms with E-state index in [1.54, 1.807) is 0 Å². The molecule has 4 rings (SSSR count). The van der Waals surface area contributed by atoms with E-state index in [-0.39, 0.29) is 0 Å². The lowest BCUT2D eigenvalue weighted by Crippen LogP contribution is -2.51. The molecule has 2 atom stereocenters. The first kappa shape index (κ1) is 24.2. The van der Waals surface area contributed by atoms with E-state index in [0.29, 0.717) is 12.0 Å². The fourth-order valence-electron chi connectivity index (χ4n) is 4.71. The molecule has 3 aliphatic rings. The molecule has 1 aromatic rings. The van der Waals surface area contributed by atoms with Gasteiger partial charge in [0.05, 0.1) is 5.69 Å². The Labute approximate surface area is 204 Å². The lowest BCUT2D eigenvalue weighted by atomic mass is 9.98. The van der Waals surface area contributed by atoms with Crippen molar-refractivity contribution < 1.29 is 0 Å². The van der Waals surface area contributed by atoms with Crippen molar-refractivity contribution >= 4 is 17.7 Å². The van der Waals surface area contributed by atoms with Crippen LogP contribution in [-0.2, 0) is 13.0 Å². The molecule has 0 amide bonds. The largest absolute Gasteiger partial charge is 0.338 e. The number of likely N-dealkylation sites (N-methyl/N-ethyl adjacent to an activating group) is 1. The van der Waals surface area contributed by atoms with Gasteiger partial charge in [-0.05, 0) is 38.3 Å². The number of unbranched alkanes of at least 4 members (excludes halogenated alkanes) is 1. The number of rotatable bonds is 7. The number of anilines is 1. The van der Waals surface area contributed by atoms with Gasteiger partial charge < -0.3 is 9.80 Å². The second kappa shape index (κ2) is 11.5. The normalized spacial score (nSPS) is 23.3. The molecule has 1 saturated heterocycles. The molecule has 0 N–H and O–H groups in total. The molecule has 6 heteroatoms. The lowest BCUT2D eigenvalue weighted by Gasteiger charge is -2.40. The van der Waals surface area contributed by atoms with Crippen molar-refractivity contribution in [3.8, 4) is 0 Å². The first-order valence-electron chi connectivity index (χ1n) is 12.5. The second-order valence-electron chi connectivity index (χ2n) is 9.51. The number of nitrogens with zero attached hydrogens (tertiary/aromatic N) is 5. The van der Waals surface area contributed by atoms with Crippen molar-refractivity contribution in [3.05, 3.63) is 63.7 Å². The molecule has 2 aliphatic heterocycles. The number of hydrogen-bond donors (Lipinski definition) is 0. The molecule has 1 fully saturated rings. The van der Waals surface area contributed by atoms with Gasteiger partial charge >= 0.3 is 0 Å². The highest BCUT2D eigenvalue weighted by atomic mass is 32.2. The zero-order chi connectivity index (χ0) is 23.2. The Morgan fingerprint density at radius 1 is 1.15 bits per heavy atom. The highest BCUT2D eigenvalue weighted by molar-refractivity contribution is 8.06. The fourth-order valence-corrected chi connectivity index (χ4v) is 5.50. The molecule has 5 nitrogen and oxygen atoms in total. The Hall–Kier alpha value is -1.89. The summed E-state index contributed by atoms with van der Waals surface area (Å²) in [6.45, 7) is 12.9. The predicted octanol–water partition coefficient (Wildman–Crippen LogP) is 5.04. The first-order valence-corrected chi connectivity index (χ1v) is 13.3. The van der Waals surface area contributed by atoms with Gasteiger partial charge in [-0.25, -0.2) is 9.97 Å². The summed E-state index contributed by atoms with van der Waals surface area (Å²) in [7, 11) is 2.16. The molecule has 0 radical (unpaired) electrons. The van der Waals surface area contributed by atoms with Gasteiger partial charge in [-0.1, -0.05) is 55.5 Å². The molecule has 2 unspecified atom stereocenters. The van der Waals surface area contributed by atoms with Crippen LogP contribution in [0.15, 0.2) is 52.5 Å². The van der Waals surface area contributed by atoms with Gasteiger partial charge in [0.1, 0.15) is 0 Å². The van der Waals surface area contributed by atoms with Gasteiger partial charge in [-0.3, -0.25) is 4.90 Å². The average molecular weight is 466 g/mol. The van der Waals surface area contributed by atoms with Crippen LogP contribution in [0.2, 0.25) is 0 Å². The van der Waals surface area contributed by atoms with Crippen LogP contribution in [0.3, 0.4) is 0 Å². The molecule has 1 aromatic heterocycles. The summed E-state index contributed by atoms with van der Waals surface area (Å²) in [5.74, 6) is 1.35. The summed E-state index contributed by atoms with van der Waals surface area (Å²) in [5.41, 5.74) is 3.88. The molecule has 0 aromatic carbocycles. The summed E-state index contributed by atoms with van der Waals surface area (Å²) >= 11 is 1.84. The SMILES string of the molecule is CCC/C=C/SC1=C(C)C=CC(C(C)N2CCN(c3ncc4c(n3)CCN(C)C4)CC2)C=C1. The lowest BCUT2D eigenvalue weighted by molar-refractivity contribution is 0.176. The Bertz CT molecular complexity index is 926. The van der Waals surface area contributed by atoms with Crippen LogP contribution < -0.4 is 4.90 Å². The van der Waals surface area contributed by atoms with Crippen molar-refractivity contribution in [3.63, 3.8) is 0 Å². The third-order valence-electron chi connectivity index (χ3n) is 7.02. The monoisotopic (exact) mass is 465 g/mol. The highest BCUT2D eigenvalue weighted by Crippen LogP contribution is 2.29. The Morgan fingerprint density at radius 3 is 2.73 bits per heavy atom. The number of aromatic nitrogens is 2. The molecule has 1 aliphatic carbocycles. The summed E-state index contributed by atoms with van der Waals surface area (Å²) in [6, 6.07) is 0.479. The topological polar surface area (TPSA) is 35.5 Å². The number of allylic oxidation sites excluding steroid dienone is 4. The van der Waals surface area contributed by atoms with Crippen LogP contribution >= 0.6 is 11.8 Å². The molecular formula is C27H39N5S. The van der Waals surface area contributed by atoms with Crippen LogP contribution in [0.5, 0.6) is 0 Å². The maximum atomic E-state index is 4.93. The van der Waals surface area contributed by atoms with E-state index in [9.17, 15) is 0 Å². The summed E-state index contributed by atoms with van der Waals surface area (Å²) in [5, 5.41) is 2.24. The van der Waals surface area contributed by atoms with E-state index in [0.717, 1.165) is 58.1 Å². The minimum absolute atomic E-state index is 0.432. The van der Waals surface area contributed by atoms with Gasteiger partial charge in [-0.15, -0.1) is 0 Å². The standard InChI is InChI=1S/C27H39N5S/c1-5-6-7-18-33-26-11-10-23(9-8-21(26)2)22(3)31-14-16-32(17-15-31)27-28-19-24-20-30(4)13-12-25(24)29-27/h7-11,18-19,22-23H,5-6,12-17,20H2,1-4H3/b18-7+. The Morgan fingerprint density at radius 2 is 1.94 bits per heavy atom. The van der Waals surface area contributed by atoms with Gasteiger partial charge in [0.15, 0.2) is 0 Å². The Balaban J connectivity index is 1.32. The highest BCUT2D eigenvalue weighted by Gasteiger charge is 2.27.